The lowest BCUT2D eigenvalue weighted by atomic mass is 9.73. The van der Waals surface area contributed by atoms with Crippen LogP contribution in [0.1, 0.15) is 45.4 Å². The Morgan fingerprint density at radius 2 is 1.74 bits per heavy atom. The molecule has 1 aliphatic rings. The number of anilines is 3. The maximum Gasteiger partial charge on any atom is 0.407 e. The van der Waals surface area contributed by atoms with Crippen LogP contribution < -0.4 is 10.2 Å². The van der Waals surface area contributed by atoms with Crippen molar-refractivity contribution in [2.75, 3.05) is 30.9 Å². The molecule has 2 aromatic carbocycles. The van der Waals surface area contributed by atoms with Gasteiger partial charge in [0.05, 0.1) is 5.69 Å². The van der Waals surface area contributed by atoms with E-state index in [1.807, 2.05) is 62.6 Å². The quantitative estimate of drug-likeness (QED) is 0.457. The molecule has 7 nitrogen and oxygen atoms in total. The van der Waals surface area contributed by atoms with Gasteiger partial charge in [-0.1, -0.05) is 51.1 Å². The zero-order valence-electron chi connectivity index (χ0n) is 21.2. The lowest BCUT2D eigenvalue weighted by Crippen LogP contribution is -2.53. The summed E-state index contributed by atoms with van der Waals surface area (Å²) in [7, 11) is 4.03. The van der Waals surface area contributed by atoms with E-state index in [1.165, 1.54) is 0 Å². The summed E-state index contributed by atoms with van der Waals surface area (Å²) in [4.78, 5) is 25.7. The molecule has 1 amide bonds. The molecular formula is C28H35N5O2. The van der Waals surface area contributed by atoms with Crippen molar-refractivity contribution < 1.29 is 9.90 Å². The maximum atomic E-state index is 12.1. The van der Waals surface area contributed by atoms with E-state index in [9.17, 15) is 9.90 Å². The van der Waals surface area contributed by atoms with Gasteiger partial charge in [-0.15, -0.1) is 0 Å². The van der Waals surface area contributed by atoms with Crippen molar-refractivity contribution in [3.05, 3.63) is 66.5 Å². The summed E-state index contributed by atoms with van der Waals surface area (Å²) in [6.45, 7) is 6.82. The summed E-state index contributed by atoms with van der Waals surface area (Å²) >= 11 is 0. The van der Waals surface area contributed by atoms with Crippen molar-refractivity contribution in [3.63, 3.8) is 0 Å². The van der Waals surface area contributed by atoms with Gasteiger partial charge in [-0.05, 0) is 42.5 Å². The van der Waals surface area contributed by atoms with Gasteiger partial charge in [-0.3, -0.25) is 0 Å². The molecule has 0 saturated carbocycles. The van der Waals surface area contributed by atoms with Crippen LogP contribution in [-0.2, 0) is 0 Å². The first-order valence-electron chi connectivity index (χ1n) is 12.1. The molecule has 1 saturated heterocycles. The van der Waals surface area contributed by atoms with Crippen molar-refractivity contribution in [2.24, 2.45) is 5.41 Å². The molecule has 1 aliphatic heterocycles. The Labute approximate surface area is 207 Å². The van der Waals surface area contributed by atoms with Gasteiger partial charge in [0.25, 0.3) is 0 Å². The molecule has 2 heterocycles. The second-order valence-electron chi connectivity index (χ2n) is 10.5. The summed E-state index contributed by atoms with van der Waals surface area (Å²) in [5.74, 6) is 1.29. The minimum absolute atomic E-state index is 0.0971. The Morgan fingerprint density at radius 3 is 2.34 bits per heavy atom. The van der Waals surface area contributed by atoms with E-state index in [4.69, 9.17) is 9.97 Å². The molecule has 0 spiro atoms. The molecule has 184 valence electrons. The van der Waals surface area contributed by atoms with Crippen LogP contribution in [-0.4, -0.2) is 52.7 Å². The molecule has 0 aliphatic carbocycles. The Morgan fingerprint density at radius 1 is 1.06 bits per heavy atom. The Kier molecular flexibility index (Phi) is 6.96. The standard InChI is InChI=1S/C28H35N5O2/c1-28(2,3)25-22(12-9-17-33(25)27(34)35)26-30-23(19-10-7-6-8-11-19)18-24(31-26)29-20-13-15-21(16-14-20)32(4)5/h6-8,10-11,13-16,18,22,25H,9,12,17H2,1-5H3,(H,34,35)(H,29,30,31). The number of benzene rings is 2. The summed E-state index contributed by atoms with van der Waals surface area (Å²) < 4.78 is 0. The number of carbonyl (C=O) groups is 1. The molecule has 35 heavy (non-hydrogen) atoms. The smallest absolute Gasteiger partial charge is 0.407 e. The number of piperidine rings is 1. The first-order valence-corrected chi connectivity index (χ1v) is 12.1. The summed E-state index contributed by atoms with van der Waals surface area (Å²) in [5.41, 5.74) is 3.62. The zero-order chi connectivity index (χ0) is 25.2. The van der Waals surface area contributed by atoms with Gasteiger partial charge in [0, 0.05) is 55.6 Å². The van der Waals surface area contributed by atoms with Gasteiger partial charge in [0.15, 0.2) is 0 Å². The average Bonchev–Trinajstić information content (AvgIpc) is 2.83. The molecule has 2 unspecified atom stereocenters. The van der Waals surface area contributed by atoms with Crippen LogP contribution in [0.3, 0.4) is 0 Å². The second-order valence-corrected chi connectivity index (χ2v) is 10.5. The van der Waals surface area contributed by atoms with Gasteiger partial charge in [0.2, 0.25) is 0 Å². The van der Waals surface area contributed by atoms with Crippen LogP contribution in [0, 0.1) is 5.41 Å². The number of nitrogens with one attached hydrogen (secondary N) is 1. The normalized spacial score (nSPS) is 18.3. The first-order chi connectivity index (χ1) is 16.6. The van der Waals surface area contributed by atoms with Crippen LogP contribution in [0.25, 0.3) is 11.3 Å². The van der Waals surface area contributed by atoms with Crippen molar-refractivity contribution >= 4 is 23.3 Å². The third-order valence-electron chi connectivity index (χ3n) is 6.56. The molecule has 2 atom stereocenters. The molecule has 1 fully saturated rings. The SMILES string of the molecule is CN(C)c1ccc(Nc2cc(-c3ccccc3)nc(C3CCCN(C(=O)O)C3C(C)(C)C)n2)cc1. The lowest BCUT2D eigenvalue weighted by Gasteiger charge is -2.46. The second kappa shape index (κ2) is 9.94. The molecular weight excluding hydrogens is 438 g/mol. The number of rotatable bonds is 5. The number of likely N-dealkylation sites (tertiary alicyclic amines) is 1. The lowest BCUT2D eigenvalue weighted by molar-refractivity contribution is 0.0438. The van der Waals surface area contributed by atoms with Crippen molar-refractivity contribution in [1.82, 2.24) is 14.9 Å². The van der Waals surface area contributed by atoms with Gasteiger partial charge in [0.1, 0.15) is 11.6 Å². The average molecular weight is 474 g/mol. The number of carboxylic acid groups (broad SMARTS) is 1. The highest BCUT2D eigenvalue weighted by Crippen LogP contribution is 2.41. The van der Waals surface area contributed by atoms with Crippen LogP contribution >= 0.6 is 0 Å². The minimum Gasteiger partial charge on any atom is -0.465 e. The maximum absolute atomic E-state index is 12.1. The Balaban J connectivity index is 1.77. The van der Waals surface area contributed by atoms with E-state index in [0.29, 0.717) is 18.2 Å². The fraction of sp³-hybridized carbons (Fsp3) is 0.393. The number of nitrogens with zero attached hydrogens (tertiary/aromatic N) is 4. The van der Waals surface area contributed by atoms with E-state index >= 15 is 0 Å². The Hall–Kier alpha value is -3.61. The molecule has 0 radical (unpaired) electrons. The Bertz CT molecular complexity index is 1160. The van der Waals surface area contributed by atoms with Crippen molar-refractivity contribution in [2.45, 2.75) is 45.6 Å². The first kappa shape index (κ1) is 24.5. The molecule has 2 N–H and O–H groups in total. The van der Waals surface area contributed by atoms with Crippen LogP contribution in [0.5, 0.6) is 0 Å². The van der Waals surface area contributed by atoms with Gasteiger partial charge in [-0.25, -0.2) is 14.8 Å². The highest BCUT2D eigenvalue weighted by molar-refractivity contribution is 5.68. The molecule has 1 aromatic heterocycles. The van der Waals surface area contributed by atoms with E-state index < -0.39 is 6.09 Å². The molecule has 3 aromatic rings. The summed E-state index contributed by atoms with van der Waals surface area (Å²) in [6, 6.07) is 20.0. The van der Waals surface area contributed by atoms with Crippen LogP contribution in [0.15, 0.2) is 60.7 Å². The van der Waals surface area contributed by atoms with E-state index in [2.05, 4.69) is 43.1 Å². The van der Waals surface area contributed by atoms with Crippen LogP contribution in [0.4, 0.5) is 22.0 Å². The topological polar surface area (TPSA) is 81.6 Å². The number of aromatic nitrogens is 2. The summed E-state index contributed by atoms with van der Waals surface area (Å²) in [5, 5.41) is 13.4. The largest absolute Gasteiger partial charge is 0.465 e. The fourth-order valence-electron chi connectivity index (χ4n) is 5.00. The number of hydrogen-bond acceptors (Lipinski definition) is 5. The predicted octanol–water partition coefficient (Wildman–Crippen LogP) is 6.23. The highest BCUT2D eigenvalue weighted by atomic mass is 16.4. The van der Waals surface area contributed by atoms with Gasteiger partial charge < -0.3 is 20.2 Å². The zero-order valence-corrected chi connectivity index (χ0v) is 21.2. The van der Waals surface area contributed by atoms with Gasteiger partial charge in [-0.2, -0.15) is 0 Å². The van der Waals surface area contributed by atoms with E-state index in [1.54, 1.807) is 4.90 Å². The van der Waals surface area contributed by atoms with Crippen molar-refractivity contribution in [1.29, 1.82) is 0 Å². The third-order valence-corrected chi connectivity index (χ3v) is 6.56. The highest BCUT2D eigenvalue weighted by Gasteiger charge is 2.43. The fourth-order valence-corrected chi connectivity index (χ4v) is 5.00. The summed E-state index contributed by atoms with van der Waals surface area (Å²) in [6.07, 6.45) is 0.756. The van der Waals surface area contributed by atoms with Crippen LogP contribution in [0.2, 0.25) is 0 Å². The van der Waals surface area contributed by atoms with E-state index in [0.717, 1.165) is 35.5 Å². The number of hydrogen-bond donors (Lipinski definition) is 2. The molecule has 7 heteroatoms. The molecule has 4 rings (SSSR count). The van der Waals surface area contributed by atoms with Gasteiger partial charge >= 0.3 is 6.09 Å². The number of amides is 1. The van der Waals surface area contributed by atoms with Crippen molar-refractivity contribution in [3.8, 4) is 11.3 Å². The van der Waals surface area contributed by atoms with E-state index in [-0.39, 0.29) is 17.4 Å². The molecule has 0 bridgehead atoms. The predicted molar refractivity (Wildman–Crippen MR) is 141 cm³/mol. The monoisotopic (exact) mass is 473 g/mol. The third kappa shape index (κ3) is 5.56. The minimum atomic E-state index is -0.881.